The van der Waals surface area contributed by atoms with E-state index in [0.717, 1.165) is 13.1 Å². The van der Waals surface area contributed by atoms with Crippen molar-refractivity contribution in [3.8, 4) is 0 Å². The lowest BCUT2D eigenvalue weighted by atomic mass is 9.93. The summed E-state index contributed by atoms with van der Waals surface area (Å²) >= 11 is 6.05. The molecule has 0 atom stereocenters. The molecule has 0 aromatic heterocycles. The van der Waals surface area contributed by atoms with Crippen LogP contribution in [0.15, 0.2) is 60.7 Å². The zero-order valence-electron chi connectivity index (χ0n) is 21.6. The topological polar surface area (TPSA) is 43.9 Å². The molecule has 1 aliphatic heterocycles. The Hall–Kier alpha value is -2.37. The average molecular weight is 498 g/mol. The largest absolute Gasteiger partial charge is 0.341 e. The standard InChI is InChI=1S/C29H40ClN3O2/c1-23(2)21-33(28(35)29(3,4)22-30)16-15-26(34)31-17-19-32(20-18-31)27(24-11-7-5-8-12-24)25-13-9-6-10-14-25/h5-14,23,27H,15-22H2,1-4H3. The monoisotopic (exact) mass is 497 g/mol. The zero-order chi connectivity index (χ0) is 25.4. The molecule has 2 amide bonds. The molecule has 1 heterocycles. The molecule has 190 valence electrons. The first-order valence-electron chi connectivity index (χ1n) is 12.7. The molecule has 0 spiro atoms. The number of piperazine rings is 1. The summed E-state index contributed by atoms with van der Waals surface area (Å²) in [5, 5.41) is 0. The van der Waals surface area contributed by atoms with Crippen molar-refractivity contribution in [2.45, 2.75) is 40.2 Å². The van der Waals surface area contributed by atoms with Gasteiger partial charge in [0.25, 0.3) is 0 Å². The van der Waals surface area contributed by atoms with Crippen LogP contribution in [0.3, 0.4) is 0 Å². The number of benzene rings is 2. The summed E-state index contributed by atoms with van der Waals surface area (Å²) in [5.74, 6) is 0.732. The summed E-state index contributed by atoms with van der Waals surface area (Å²) in [7, 11) is 0. The number of halogens is 1. The van der Waals surface area contributed by atoms with Crippen molar-refractivity contribution in [1.82, 2.24) is 14.7 Å². The highest BCUT2D eigenvalue weighted by Gasteiger charge is 2.33. The van der Waals surface area contributed by atoms with E-state index in [4.69, 9.17) is 11.6 Å². The van der Waals surface area contributed by atoms with E-state index in [-0.39, 0.29) is 23.7 Å². The minimum absolute atomic E-state index is 0.0207. The third kappa shape index (κ3) is 7.31. The van der Waals surface area contributed by atoms with Crippen LogP contribution in [0.2, 0.25) is 0 Å². The van der Waals surface area contributed by atoms with E-state index >= 15 is 0 Å². The van der Waals surface area contributed by atoms with Crippen molar-refractivity contribution in [3.63, 3.8) is 0 Å². The number of hydrogen-bond acceptors (Lipinski definition) is 3. The van der Waals surface area contributed by atoms with Gasteiger partial charge in [0.15, 0.2) is 0 Å². The summed E-state index contributed by atoms with van der Waals surface area (Å²) < 4.78 is 0. The third-order valence-corrected chi connectivity index (χ3v) is 7.31. The van der Waals surface area contributed by atoms with Gasteiger partial charge in [0.2, 0.25) is 11.8 Å². The van der Waals surface area contributed by atoms with Crippen LogP contribution >= 0.6 is 11.6 Å². The number of rotatable bonds is 10. The van der Waals surface area contributed by atoms with Gasteiger partial charge in [-0.2, -0.15) is 0 Å². The summed E-state index contributed by atoms with van der Waals surface area (Å²) in [6, 6.07) is 21.3. The van der Waals surface area contributed by atoms with E-state index in [0.29, 0.717) is 38.5 Å². The molecule has 1 saturated heterocycles. The van der Waals surface area contributed by atoms with Crippen molar-refractivity contribution in [1.29, 1.82) is 0 Å². The molecule has 0 radical (unpaired) electrons. The van der Waals surface area contributed by atoms with Crippen LogP contribution in [0.5, 0.6) is 0 Å². The number of hydrogen-bond donors (Lipinski definition) is 0. The molecular weight excluding hydrogens is 458 g/mol. The Morgan fingerprint density at radius 1 is 0.914 bits per heavy atom. The Bertz CT molecular complexity index is 901. The van der Waals surface area contributed by atoms with Gasteiger partial charge in [0.1, 0.15) is 0 Å². The molecular formula is C29H40ClN3O2. The molecule has 1 fully saturated rings. The third-order valence-electron chi connectivity index (χ3n) is 6.64. The molecule has 0 bridgehead atoms. The molecule has 0 N–H and O–H groups in total. The second-order valence-electron chi connectivity index (χ2n) is 10.6. The fourth-order valence-electron chi connectivity index (χ4n) is 4.70. The number of carbonyl (C=O) groups excluding carboxylic acids is 2. The molecule has 0 saturated carbocycles. The predicted octanol–water partition coefficient (Wildman–Crippen LogP) is 5.06. The van der Waals surface area contributed by atoms with Gasteiger partial charge in [-0.3, -0.25) is 14.5 Å². The number of carbonyl (C=O) groups is 2. The molecule has 1 aliphatic rings. The van der Waals surface area contributed by atoms with Crippen molar-refractivity contribution in [2.75, 3.05) is 45.1 Å². The normalized spacial score (nSPS) is 15.0. The van der Waals surface area contributed by atoms with Crippen molar-refractivity contribution in [2.24, 2.45) is 11.3 Å². The number of nitrogens with zero attached hydrogens (tertiary/aromatic N) is 3. The SMILES string of the molecule is CC(C)CN(CCC(=O)N1CCN(C(c2ccccc2)c2ccccc2)CC1)C(=O)C(C)(C)CCl. The zero-order valence-corrected chi connectivity index (χ0v) is 22.4. The predicted molar refractivity (Wildman–Crippen MR) is 143 cm³/mol. The van der Waals surface area contributed by atoms with Crippen LogP contribution in [-0.2, 0) is 9.59 Å². The fraction of sp³-hybridized carbons (Fsp3) is 0.517. The Morgan fingerprint density at radius 3 is 1.89 bits per heavy atom. The lowest BCUT2D eigenvalue weighted by Gasteiger charge is -2.40. The van der Waals surface area contributed by atoms with E-state index in [2.05, 4.69) is 67.3 Å². The maximum Gasteiger partial charge on any atom is 0.229 e. The van der Waals surface area contributed by atoms with Crippen molar-refractivity contribution in [3.05, 3.63) is 71.8 Å². The second-order valence-corrected chi connectivity index (χ2v) is 10.8. The molecule has 2 aromatic rings. The second kappa shape index (κ2) is 12.5. The van der Waals surface area contributed by atoms with Crippen molar-refractivity contribution >= 4 is 23.4 Å². The van der Waals surface area contributed by atoms with Crippen LogP contribution in [0.4, 0.5) is 0 Å². The van der Waals surface area contributed by atoms with Crippen LogP contribution < -0.4 is 0 Å². The molecule has 0 unspecified atom stereocenters. The van der Waals surface area contributed by atoms with Crippen molar-refractivity contribution < 1.29 is 9.59 Å². The van der Waals surface area contributed by atoms with Gasteiger partial charge in [-0.15, -0.1) is 11.6 Å². The Labute approximate surface area is 216 Å². The summed E-state index contributed by atoms with van der Waals surface area (Å²) in [5.41, 5.74) is 1.90. The summed E-state index contributed by atoms with van der Waals surface area (Å²) in [4.78, 5) is 32.3. The maximum absolute atomic E-state index is 13.1. The molecule has 35 heavy (non-hydrogen) atoms. The summed E-state index contributed by atoms with van der Waals surface area (Å²) in [6.45, 7) is 12.0. The Morgan fingerprint density at radius 2 is 1.43 bits per heavy atom. The first-order valence-corrected chi connectivity index (χ1v) is 13.2. The molecule has 2 aromatic carbocycles. The van der Waals surface area contributed by atoms with Crippen LogP contribution in [-0.4, -0.2) is 71.7 Å². The molecule has 3 rings (SSSR count). The van der Waals surface area contributed by atoms with Gasteiger partial charge >= 0.3 is 0 Å². The number of amides is 2. The minimum Gasteiger partial charge on any atom is -0.341 e. The highest BCUT2D eigenvalue weighted by molar-refractivity contribution is 6.19. The van der Waals surface area contributed by atoms with Crippen LogP contribution in [0.25, 0.3) is 0 Å². The maximum atomic E-state index is 13.1. The average Bonchev–Trinajstić information content (AvgIpc) is 2.87. The smallest absolute Gasteiger partial charge is 0.229 e. The van der Waals surface area contributed by atoms with Gasteiger partial charge in [0.05, 0.1) is 11.5 Å². The molecule has 6 heteroatoms. The fourth-order valence-corrected chi connectivity index (χ4v) is 4.82. The Kier molecular flexibility index (Phi) is 9.76. The van der Waals surface area contributed by atoms with Gasteiger partial charge in [-0.25, -0.2) is 0 Å². The van der Waals surface area contributed by atoms with E-state index in [9.17, 15) is 9.59 Å². The lowest BCUT2D eigenvalue weighted by molar-refractivity contribution is -0.141. The quantitative estimate of drug-likeness (QED) is 0.431. The van der Waals surface area contributed by atoms with E-state index in [1.807, 2.05) is 35.8 Å². The first-order chi connectivity index (χ1) is 16.7. The lowest BCUT2D eigenvalue weighted by Crippen LogP contribution is -2.51. The van der Waals surface area contributed by atoms with Gasteiger partial charge < -0.3 is 9.80 Å². The minimum atomic E-state index is -0.630. The van der Waals surface area contributed by atoms with Gasteiger partial charge in [-0.05, 0) is 30.9 Å². The van der Waals surface area contributed by atoms with Crippen LogP contribution in [0.1, 0.15) is 51.3 Å². The molecule has 5 nitrogen and oxygen atoms in total. The van der Waals surface area contributed by atoms with Gasteiger partial charge in [-0.1, -0.05) is 74.5 Å². The highest BCUT2D eigenvalue weighted by Crippen LogP contribution is 2.29. The van der Waals surface area contributed by atoms with E-state index < -0.39 is 5.41 Å². The van der Waals surface area contributed by atoms with E-state index in [1.54, 1.807) is 0 Å². The number of alkyl halides is 1. The first kappa shape index (κ1) is 27.2. The molecule has 0 aliphatic carbocycles. The Balaban J connectivity index is 1.62. The highest BCUT2D eigenvalue weighted by atomic mass is 35.5. The summed E-state index contributed by atoms with van der Waals surface area (Å²) in [6.07, 6.45) is 0.345. The van der Waals surface area contributed by atoms with E-state index in [1.165, 1.54) is 11.1 Å². The van der Waals surface area contributed by atoms with Gasteiger partial charge in [0, 0.05) is 51.6 Å². The van der Waals surface area contributed by atoms with Crippen LogP contribution in [0, 0.1) is 11.3 Å².